The molecule has 0 aromatic heterocycles. The molecule has 17 heavy (non-hydrogen) atoms. The van der Waals surface area contributed by atoms with Gasteiger partial charge in [0, 0.05) is 11.6 Å². The van der Waals surface area contributed by atoms with Gasteiger partial charge in [-0.05, 0) is 23.1 Å². The molecule has 0 bridgehead atoms. The fourth-order valence-electron chi connectivity index (χ4n) is 1.60. The molecule has 1 nitrogen and oxygen atoms in total. The van der Waals surface area contributed by atoms with E-state index in [9.17, 15) is 5.11 Å². The molecule has 2 rings (SSSR count). The van der Waals surface area contributed by atoms with Gasteiger partial charge in [0.2, 0.25) is 0 Å². The fourth-order valence-corrected chi connectivity index (χ4v) is 1.94. The van der Waals surface area contributed by atoms with Gasteiger partial charge in [0.1, 0.15) is 5.76 Å². The summed E-state index contributed by atoms with van der Waals surface area (Å²) in [4.78, 5) is 0. The van der Waals surface area contributed by atoms with Crippen LogP contribution >= 0.6 is 24.0 Å². The Labute approximate surface area is 110 Å². The van der Waals surface area contributed by atoms with Gasteiger partial charge in [-0.15, -0.1) is 11.8 Å². The van der Waals surface area contributed by atoms with E-state index in [4.69, 9.17) is 12.2 Å². The van der Waals surface area contributed by atoms with Gasteiger partial charge >= 0.3 is 0 Å². The molecule has 1 N–H and O–H groups in total. The lowest BCUT2D eigenvalue weighted by molar-refractivity contribution is 0.513. The molecule has 86 valence electrons. The summed E-state index contributed by atoms with van der Waals surface area (Å²) in [6.07, 6.45) is 3.51. The lowest BCUT2D eigenvalue weighted by Gasteiger charge is -2.03. The molecule has 0 saturated heterocycles. The molecular weight excluding hydrogens is 248 g/mol. The molecule has 0 fully saturated rings. The van der Waals surface area contributed by atoms with Crippen LogP contribution in [-0.4, -0.2) is 15.6 Å². The van der Waals surface area contributed by atoms with Crippen LogP contribution in [0.1, 0.15) is 5.56 Å². The lowest BCUT2D eigenvalue weighted by Crippen LogP contribution is -1.87. The monoisotopic (exact) mass is 260 g/mol. The van der Waals surface area contributed by atoms with Gasteiger partial charge in [-0.3, -0.25) is 0 Å². The number of benzene rings is 2. The third-order valence-corrected chi connectivity index (χ3v) is 3.64. The Morgan fingerprint density at radius 1 is 1.18 bits per heavy atom. The number of hydrogen-bond acceptors (Lipinski definition) is 3. The van der Waals surface area contributed by atoms with E-state index in [0.717, 1.165) is 16.3 Å². The highest BCUT2D eigenvalue weighted by Gasteiger charge is 2.01. The number of thiocarbonyl (C=S) groups is 1. The minimum Gasteiger partial charge on any atom is -0.507 e. The van der Waals surface area contributed by atoms with E-state index >= 15 is 0 Å². The third kappa shape index (κ3) is 2.87. The topological polar surface area (TPSA) is 20.2 Å². The van der Waals surface area contributed by atoms with Crippen LogP contribution in [0.2, 0.25) is 0 Å². The Balaban J connectivity index is 2.43. The Bertz CT molecular complexity index is 588. The van der Waals surface area contributed by atoms with Crippen LogP contribution in [-0.2, 0) is 0 Å². The van der Waals surface area contributed by atoms with Crippen LogP contribution in [0, 0.1) is 0 Å². The lowest BCUT2D eigenvalue weighted by atomic mass is 10.1. The van der Waals surface area contributed by atoms with Crippen molar-refractivity contribution in [3.8, 4) is 0 Å². The van der Waals surface area contributed by atoms with E-state index in [1.807, 2.05) is 48.7 Å². The van der Waals surface area contributed by atoms with Crippen LogP contribution in [0.15, 0.2) is 48.5 Å². The SMILES string of the molecule is CSC(=S)/C=C(\O)c1ccc2ccccc2c1. The number of aliphatic hydroxyl groups excluding tert-OH is 1. The minimum atomic E-state index is 0.218. The average molecular weight is 260 g/mol. The number of fused-ring (bicyclic) bond motifs is 1. The first-order valence-corrected chi connectivity index (χ1v) is 6.82. The van der Waals surface area contributed by atoms with Crippen molar-refractivity contribution in [3.63, 3.8) is 0 Å². The van der Waals surface area contributed by atoms with Crippen LogP contribution in [0.4, 0.5) is 0 Å². The fraction of sp³-hybridized carbons (Fsp3) is 0.0714. The van der Waals surface area contributed by atoms with Gasteiger partial charge < -0.3 is 5.11 Å². The molecule has 0 unspecified atom stereocenters. The van der Waals surface area contributed by atoms with Gasteiger partial charge in [0.15, 0.2) is 0 Å². The molecule has 0 heterocycles. The van der Waals surface area contributed by atoms with Crippen molar-refractivity contribution in [1.29, 1.82) is 0 Å². The smallest absolute Gasteiger partial charge is 0.124 e. The summed E-state index contributed by atoms with van der Waals surface area (Å²) in [5.41, 5.74) is 0.792. The maximum Gasteiger partial charge on any atom is 0.124 e. The van der Waals surface area contributed by atoms with Gasteiger partial charge in [0.05, 0.1) is 4.20 Å². The molecular formula is C14H12OS2. The molecule has 3 heteroatoms. The van der Waals surface area contributed by atoms with E-state index < -0.39 is 0 Å². The zero-order chi connectivity index (χ0) is 12.3. The van der Waals surface area contributed by atoms with Crippen LogP contribution < -0.4 is 0 Å². The van der Waals surface area contributed by atoms with Crippen molar-refractivity contribution in [3.05, 3.63) is 54.1 Å². The van der Waals surface area contributed by atoms with E-state index in [0.29, 0.717) is 4.20 Å². The average Bonchev–Trinajstić information content (AvgIpc) is 2.38. The Morgan fingerprint density at radius 3 is 2.59 bits per heavy atom. The van der Waals surface area contributed by atoms with E-state index in [1.165, 1.54) is 11.8 Å². The molecule has 0 aliphatic carbocycles. The molecule has 2 aromatic carbocycles. The zero-order valence-electron chi connectivity index (χ0n) is 9.38. The summed E-state index contributed by atoms with van der Waals surface area (Å²) in [5, 5.41) is 12.2. The number of hydrogen-bond donors (Lipinski definition) is 1. The molecule has 0 amide bonds. The van der Waals surface area contributed by atoms with Crippen molar-refractivity contribution < 1.29 is 5.11 Å². The summed E-state index contributed by atoms with van der Waals surface area (Å²) in [6, 6.07) is 13.9. The highest BCUT2D eigenvalue weighted by molar-refractivity contribution is 8.23. The Morgan fingerprint density at radius 2 is 1.88 bits per heavy atom. The second-order valence-electron chi connectivity index (χ2n) is 3.61. The van der Waals surface area contributed by atoms with Gasteiger partial charge in [-0.25, -0.2) is 0 Å². The molecule has 2 aromatic rings. The first-order chi connectivity index (χ1) is 8.20. The molecule has 0 spiro atoms. The van der Waals surface area contributed by atoms with Crippen molar-refractivity contribution in [1.82, 2.24) is 0 Å². The van der Waals surface area contributed by atoms with Crippen molar-refractivity contribution in [2.75, 3.05) is 6.26 Å². The predicted octanol–water partition coefficient (Wildman–Crippen LogP) is 4.43. The Hall–Kier alpha value is -1.32. The summed E-state index contributed by atoms with van der Waals surface area (Å²) in [5.74, 6) is 0.218. The number of rotatable bonds is 2. The van der Waals surface area contributed by atoms with Gasteiger partial charge in [-0.2, -0.15) is 0 Å². The molecule has 0 aliphatic rings. The van der Waals surface area contributed by atoms with Crippen LogP contribution in [0.3, 0.4) is 0 Å². The van der Waals surface area contributed by atoms with Crippen molar-refractivity contribution >= 4 is 44.7 Å². The third-order valence-electron chi connectivity index (χ3n) is 2.50. The zero-order valence-corrected chi connectivity index (χ0v) is 11.0. The summed E-state index contributed by atoms with van der Waals surface area (Å²) in [6.45, 7) is 0. The van der Waals surface area contributed by atoms with E-state index in [-0.39, 0.29) is 5.76 Å². The highest BCUT2D eigenvalue weighted by Crippen LogP contribution is 2.20. The maximum atomic E-state index is 9.94. The summed E-state index contributed by atoms with van der Waals surface area (Å²) < 4.78 is 0.677. The second kappa shape index (κ2) is 5.34. The highest BCUT2D eigenvalue weighted by atomic mass is 32.2. The number of aliphatic hydroxyl groups is 1. The first-order valence-electron chi connectivity index (χ1n) is 5.18. The molecule has 0 aliphatic heterocycles. The van der Waals surface area contributed by atoms with Crippen molar-refractivity contribution in [2.45, 2.75) is 0 Å². The molecule has 0 saturated carbocycles. The second-order valence-corrected chi connectivity index (χ2v) is 5.16. The van der Waals surface area contributed by atoms with Gasteiger partial charge in [-0.1, -0.05) is 48.6 Å². The Kier molecular flexibility index (Phi) is 3.82. The van der Waals surface area contributed by atoms with Crippen LogP contribution in [0.25, 0.3) is 16.5 Å². The molecule has 0 atom stereocenters. The van der Waals surface area contributed by atoms with Gasteiger partial charge in [0.25, 0.3) is 0 Å². The van der Waals surface area contributed by atoms with Crippen LogP contribution in [0.5, 0.6) is 0 Å². The summed E-state index contributed by atoms with van der Waals surface area (Å²) in [7, 11) is 0. The predicted molar refractivity (Wildman–Crippen MR) is 80.7 cm³/mol. The standard InChI is InChI=1S/C14H12OS2/c1-17-14(16)9-13(15)12-7-6-10-4-2-3-5-11(10)8-12/h2-9,15H,1H3/b13-9-. The van der Waals surface area contributed by atoms with E-state index in [1.54, 1.807) is 6.08 Å². The first kappa shape index (κ1) is 12.1. The molecule has 0 radical (unpaired) electrons. The van der Waals surface area contributed by atoms with E-state index in [2.05, 4.69) is 0 Å². The normalized spacial score (nSPS) is 11.7. The number of thioether (sulfide) groups is 1. The minimum absolute atomic E-state index is 0.218. The maximum absolute atomic E-state index is 9.94. The quantitative estimate of drug-likeness (QED) is 0.490. The van der Waals surface area contributed by atoms with Crippen molar-refractivity contribution in [2.24, 2.45) is 0 Å². The largest absolute Gasteiger partial charge is 0.507 e. The summed E-state index contributed by atoms with van der Waals surface area (Å²) >= 11 is 6.50.